The number of nitrogens with zero attached hydrogens (tertiary/aromatic N) is 1. The van der Waals surface area contributed by atoms with Gasteiger partial charge in [-0.15, -0.1) is 0 Å². The Labute approximate surface area is 131 Å². The van der Waals surface area contributed by atoms with Crippen molar-refractivity contribution in [2.24, 2.45) is 11.8 Å². The van der Waals surface area contributed by atoms with Gasteiger partial charge in [0.25, 0.3) is 0 Å². The summed E-state index contributed by atoms with van der Waals surface area (Å²) in [6.07, 6.45) is 5.79. The molecule has 0 spiro atoms. The molecule has 1 rings (SSSR count). The number of hydrogen-bond acceptors (Lipinski definition) is 4. The minimum Gasteiger partial charge on any atom is -0.389 e. The zero-order valence-electron chi connectivity index (χ0n) is 14.3. The Bertz CT molecular complexity index is 241. The van der Waals surface area contributed by atoms with Crippen LogP contribution in [0.2, 0.25) is 0 Å². The fourth-order valence-electron chi connectivity index (χ4n) is 2.80. The monoisotopic (exact) mass is 300 g/mol. The fraction of sp³-hybridized carbons (Fsp3) is 1.00. The Morgan fingerprint density at radius 1 is 1.29 bits per heavy atom. The molecule has 0 aromatic carbocycles. The summed E-state index contributed by atoms with van der Waals surface area (Å²) in [7, 11) is 2.20. The number of hydrogen-bond donors (Lipinski definition) is 2. The molecular weight excluding hydrogens is 264 g/mol. The molecule has 1 unspecified atom stereocenters. The van der Waals surface area contributed by atoms with E-state index in [0.29, 0.717) is 13.2 Å². The molecule has 0 radical (unpaired) electrons. The summed E-state index contributed by atoms with van der Waals surface area (Å²) in [6.45, 7) is 9.81. The molecule has 0 amide bonds. The van der Waals surface area contributed by atoms with E-state index in [0.717, 1.165) is 31.4 Å². The Morgan fingerprint density at radius 3 is 2.67 bits per heavy atom. The minimum absolute atomic E-state index is 0.374. The van der Waals surface area contributed by atoms with Crippen molar-refractivity contribution in [3.63, 3.8) is 0 Å². The Hall–Kier alpha value is -0.160. The molecule has 0 saturated carbocycles. The second kappa shape index (κ2) is 11.4. The van der Waals surface area contributed by atoms with E-state index < -0.39 is 0 Å². The third-order valence-electron chi connectivity index (χ3n) is 4.33. The maximum absolute atomic E-state index is 9.84. The molecule has 4 heteroatoms. The fourth-order valence-corrected chi connectivity index (χ4v) is 2.80. The maximum atomic E-state index is 9.84. The van der Waals surface area contributed by atoms with Gasteiger partial charge in [-0.3, -0.25) is 0 Å². The normalized spacial score (nSPS) is 19.3. The minimum atomic E-state index is -0.374. The van der Waals surface area contributed by atoms with Gasteiger partial charge in [-0.2, -0.15) is 0 Å². The molecule has 126 valence electrons. The molecule has 1 atom stereocenters. The number of piperidine rings is 1. The first-order valence-corrected chi connectivity index (χ1v) is 8.73. The van der Waals surface area contributed by atoms with Crippen molar-refractivity contribution in [1.29, 1.82) is 0 Å². The van der Waals surface area contributed by atoms with Crippen molar-refractivity contribution in [2.45, 2.75) is 52.1 Å². The van der Waals surface area contributed by atoms with Crippen molar-refractivity contribution in [3.8, 4) is 0 Å². The van der Waals surface area contributed by atoms with Crippen molar-refractivity contribution >= 4 is 0 Å². The van der Waals surface area contributed by atoms with Gasteiger partial charge in [0.05, 0.1) is 12.7 Å². The molecule has 0 aliphatic carbocycles. The van der Waals surface area contributed by atoms with E-state index in [1.807, 2.05) is 0 Å². The lowest BCUT2D eigenvalue weighted by molar-refractivity contribution is 0.0346. The quantitative estimate of drug-likeness (QED) is 0.574. The number of aliphatic hydroxyl groups excluding tert-OH is 1. The van der Waals surface area contributed by atoms with Gasteiger partial charge in [0.15, 0.2) is 0 Å². The molecule has 0 bridgehead atoms. The molecule has 21 heavy (non-hydrogen) atoms. The first-order valence-electron chi connectivity index (χ1n) is 8.73. The van der Waals surface area contributed by atoms with Gasteiger partial charge < -0.3 is 20.1 Å². The summed E-state index contributed by atoms with van der Waals surface area (Å²) in [5.74, 6) is 1.60. The Kier molecular flexibility index (Phi) is 10.3. The van der Waals surface area contributed by atoms with Crippen LogP contribution in [-0.4, -0.2) is 62.6 Å². The number of rotatable bonds is 11. The summed E-state index contributed by atoms with van der Waals surface area (Å²) in [5, 5.41) is 13.2. The van der Waals surface area contributed by atoms with Crippen molar-refractivity contribution in [3.05, 3.63) is 0 Å². The van der Waals surface area contributed by atoms with E-state index in [1.54, 1.807) is 0 Å². The molecule has 1 aliphatic rings. The zero-order chi connectivity index (χ0) is 15.5. The van der Waals surface area contributed by atoms with Crippen molar-refractivity contribution in [2.75, 3.05) is 46.4 Å². The summed E-state index contributed by atoms with van der Waals surface area (Å²) in [4.78, 5) is 2.41. The van der Waals surface area contributed by atoms with E-state index in [4.69, 9.17) is 4.74 Å². The van der Waals surface area contributed by atoms with Crippen LogP contribution in [0.4, 0.5) is 0 Å². The highest BCUT2D eigenvalue weighted by molar-refractivity contribution is 4.71. The van der Waals surface area contributed by atoms with Crippen LogP contribution in [0.15, 0.2) is 0 Å². The van der Waals surface area contributed by atoms with E-state index in [-0.39, 0.29) is 6.10 Å². The van der Waals surface area contributed by atoms with Crippen LogP contribution in [0, 0.1) is 11.8 Å². The van der Waals surface area contributed by atoms with Crippen LogP contribution < -0.4 is 5.32 Å². The van der Waals surface area contributed by atoms with Crippen LogP contribution in [0.1, 0.15) is 46.0 Å². The van der Waals surface area contributed by atoms with Gasteiger partial charge in [0.2, 0.25) is 0 Å². The molecule has 1 heterocycles. The van der Waals surface area contributed by atoms with Crippen LogP contribution in [-0.2, 0) is 4.74 Å². The molecule has 0 aromatic heterocycles. The highest BCUT2D eigenvalue weighted by Gasteiger charge is 2.16. The van der Waals surface area contributed by atoms with Gasteiger partial charge in [0, 0.05) is 13.2 Å². The average Bonchev–Trinajstić information content (AvgIpc) is 2.45. The largest absolute Gasteiger partial charge is 0.389 e. The lowest BCUT2D eigenvalue weighted by Gasteiger charge is -2.29. The van der Waals surface area contributed by atoms with E-state index >= 15 is 0 Å². The molecule has 4 nitrogen and oxygen atoms in total. The van der Waals surface area contributed by atoms with Gasteiger partial charge in [-0.25, -0.2) is 0 Å². The maximum Gasteiger partial charge on any atom is 0.0897 e. The number of likely N-dealkylation sites (tertiary alicyclic amines) is 1. The third kappa shape index (κ3) is 10.2. The average molecular weight is 300 g/mol. The van der Waals surface area contributed by atoms with E-state index in [1.165, 1.54) is 38.8 Å². The summed E-state index contributed by atoms with van der Waals surface area (Å²) < 4.78 is 5.51. The lowest BCUT2D eigenvalue weighted by atomic mass is 9.94. The Balaban J connectivity index is 1.88. The molecule has 0 aromatic rings. The number of nitrogens with one attached hydrogen (secondary N) is 1. The molecule has 1 aliphatic heterocycles. The second-order valence-corrected chi connectivity index (χ2v) is 7.00. The summed E-state index contributed by atoms with van der Waals surface area (Å²) in [5.41, 5.74) is 0. The Morgan fingerprint density at radius 2 is 2.00 bits per heavy atom. The van der Waals surface area contributed by atoms with Crippen molar-refractivity contribution in [1.82, 2.24) is 10.2 Å². The van der Waals surface area contributed by atoms with Crippen molar-refractivity contribution < 1.29 is 9.84 Å². The second-order valence-electron chi connectivity index (χ2n) is 7.00. The molecule has 1 fully saturated rings. The van der Waals surface area contributed by atoms with Gasteiger partial charge >= 0.3 is 0 Å². The summed E-state index contributed by atoms with van der Waals surface area (Å²) in [6, 6.07) is 0. The number of aliphatic hydroxyl groups is 1. The predicted molar refractivity (Wildman–Crippen MR) is 88.6 cm³/mol. The topological polar surface area (TPSA) is 44.7 Å². The van der Waals surface area contributed by atoms with Crippen LogP contribution >= 0.6 is 0 Å². The lowest BCUT2D eigenvalue weighted by Crippen LogP contribution is -2.34. The van der Waals surface area contributed by atoms with Gasteiger partial charge in [-0.1, -0.05) is 13.8 Å². The molecule has 1 saturated heterocycles. The zero-order valence-corrected chi connectivity index (χ0v) is 14.3. The smallest absolute Gasteiger partial charge is 0.0897 e. The first-order chi connectivity index (χ1) is 10.1. The first kappa shape index (κ1) is 18.9. The third-order valence-corrected chi connectivity index (χ3v) is 4.33. The highest BCUT2D eigenvalue weighted by Crippen LogP contribution is 2.18. The predicted octanol–water partition coefficient (Wildman–Crippen LogP) is 2.12. The van der Waals surface area contributed by atoms with Crippen LogP contribution in [0.5, 0.6) is 0 Å². The highest BCUT2D eigenvalue weighted by atomic mass is 16.5. The van der Waals surface area contributed by atoms with E-state index in [9.17, 15) is 5.11 Å². The molecule has 2 N–H and O–H groups in total. The standard InChI is InChI=1S/C17H36N2O2/c1-15(2)5-4-12-21-14-17(20)13-18-9-6-16-7-10-19(3)11-8-16/h15-18,20H,4-14H2,1-3H3. The van der Waals surface area contributed by atoms with Crippen LogP contribution in [0.3, 0.4) is 0 Å². The summed E-state index contributed by atoms with van der Waals surface area (Å²) >= 11 is 0. The van der Waals surface area contributed by atoms with Gasteiger partial charge in [-0.05, 0) is 70.6 Å². The SMILES string of the molecule is CC(C)CCCOCC(O)CNCCC1CCN(C)CC1. The molecular formula is C17H36N2O2. The van der Waals surface area contributed by atoms with Gasteiger partial charge in [0.1, 0.15) is 0 Å². The number of ether oxygens (including phenoxy) is 1. The van der Waals surface area contributed by atoms with Crippen LogP contribution in [0.25, 0.3) is 0 Å². The van der Waals surface area contributed by atoms with E-state index in [2.05, 4.69) is 31.1 Å².